The first-order chi connectivity index (χ1) is 11.4. The number of phenols is 1. The van der Waals surface area contributed by atoms with Crippen LogP contribution in [0.25, 0.3) is 0 Å². The summed E-state index contributed by atoms with van der Waals surface area (Å²) in [6.07, 6.45) is 4.47. The maximum Gasteiger partial charge on any atom is 0.329 e. The van der Waals surface area contributed by atoms with Crippen LogP contribution in [0.15, 0.2) is 6.07 Å². The van der Waals surface area contributed by atoms with Gasteiger partial charge in [0, 0.05) is 49.0 Å². The summed E-state index contributed by atoms with van der Waals surface area (Å²) in [4.78, 5) is 14.7. The van der Waals surface area contributed by atoms with Gasteiger partial charge in [0.2, 0.25) is 0 Å². The molecule has 0 amide bonds. The van der Waals surface area contributed by atoms with Gasteiger partial charge >= 0.3 is 5.97 Å². The number of phenolic OH excluding ortho intramolecular Hbond substituents is 1. The van der Waals surface area contributed by atoms with E-state index in [1.807, 2.05) is 0 Å². The summed E-state index contributed by atoms with van der Waals surface area (Å²) in [5.74, 6) is -0.499. The summed E-state index contributed by atoms with van der Waals surface area (Å²) < 4.78 is 5.37. The van der Waals surface area contributed by atoms with Crippen molar-refractivity contribution in [3.8, 4) is 5.75 Å². The van der Waals surface area contributed by atoms with Gasteiger partial charge in [-0.05, 0) is 56.6 Å². The Balaban J connectivity index is 0.00000312. The minimum atomic E-state index is -0.590. The molecule has 1 heterocycles. The van der Waals surface area contributed by atoms with E-state index in [2.05, 4.69) is 18.7 Å². The van der Waals surface area contributed by atoms with Crippen molar-refractivity contribution in [3.63, 3.8) is 0 Å². The molecule has 7 heteroatoms. The summed E-state index contributed by atoms with van der Waals surface area (Å²) in [5.41, 5.74) is 6.02. The van der Waals surface area contributed by atoms with E-state index in [1.54, 1.807) is 0 Å². The third kappa shape index (κ3) is 6.02. The summed E-state index contributed by atoms with van der Waals surface area (Å²) >= 11 is 5.95. The molecule has 0 atom stereocenters. The number of esters is 1. The molecule has 1 fully saturated rings. The molecule has 1 aliphatic rings. The number of hydrogen-bond donors (Lipinski definition) is 2. The van der Waals surface area contributed by atoms with E-state index >= 15 is 0 Å². The van der Waals surface area contributed by atoms with Gasteiger partial charge in [-0.2, -0.15) is 6.92 Å². The number of benzene rings is 1. The van der Waals surface area contributed by atoms with Crippen LogP contribution in [0.2, 0.25) is 5.02 Å². The third-order valence-electron chi connectivity index (χ3n) is 4.60. The van der Waals surface area contributed by atoms with Crippen molar-refractivity contribution >= 4 is 23.3 Å². The average molecular weight is 443 g/mol. The first-order valence-corrected chi connectivity index (χ1v) is 8.84. The number of carbonyl (C=O) groups excluding carboxylic acids is 1. The van der Waals surface area contributed by atoms with E-state index in [-0.39, 0.29) is 60.3 Å². The van der Waals surface area contributed by atoms with E-state index in [1.165, 1.54) is 18.9 Å². The molecule has 3 N–H and O–H groups in total. The number of anilines is 1. The maximum absolute atomic E-state index is 12.2. The summed E-state index contributed by atoms with van der Waals surface area (Å²) in [6, 6.07) is 1.33. The quantitative estimate of drug-likeness (QED) is 0.401. The van der Waals surface area contributed by atoms with E-state index in [9.17, 15) is 9.90 Å². The Hall–Kier alpha value is -0.486. The Labute approximate surface area is 180 Å². The smallest absolute Gasteiger partial charge is 0.329 e. The van der Waals surface area contributed by atoms with Crippen molar-refractivity contribution in [2.45, 2.75) is 32.6 Å². The molecule has 1 radical (unpaired) electrons. The molecule has 0 unspecified atom stereocenters. The maximum atomic E-state index is 12.2. The number of carbonyl (C=O) groups is 1. The molecule has 1 aromatic carbocycles. The number of halogens is 1. The van der Waals surface area contributed by atoms with Gasteiger partial charge in [0.1, 0.15) is 0 Å². The second kappa shape index (κ2) is 10.6. The number of piperidine rings is 1. The SMILES string of the molecule is [CH2-]c1c(N)c(Cl)cc(C(=O)OCC2CCN(CCCC)CC2)c1O.[Y]. The molecule has 0 aromatic heterocycles. The molecule has 1 aliphatic heterocycles. The van der Waals surface area contributed by atoms with Crippen LogP contribution in [0.4, 0.5) is 5.69 Å². The first kappa shape index (κ1) is 22.6. The number of nitrogen functional groups attached to an aromatic ring is 1. The van der Waals surface area contributed by atoms with Crippen molar-refractivity contribution in [1.29, 1.82) is 0 Å². The molecular weight excluding hydrogens is 417 g/mol. The number of unbranched alkanes of at least 4 members (excludes halogenated alkanes) is 1. The van der Waals surface area contributed by atoms with Gasteiger partial charge in [-0.1, -0.05) is 24.9 Å². The fourth-order valence-corrected chi connectivity index (χ4v) is 3.12. The van der Waals surface area contributed by atoms with Crippen LogP contribution < -0.4 is 5.73 Å². The van der Waals surface area contributed by atoms with E-state index < -0.39 is 5.97 Å². The number of aromatic hydroxyl groups is 1. The van der Waals surface area contributed by atoms with Gasteiger partial charge in [0.15, 0.2) is 0 Å². The van der Waals surface area contributed by atoms with Crippen molar-refractivity contribution < 1.29 is 47.3 Å². The van der Waals surface area contributed by atoms with Crippen LogP contribution in [0, 0.1) is 12.8 Å². The molecule has 137 valence electrons. The molecule has 0 spiro atoms. The number of ether oxygens (including phenoxy) is 1. The van der Waals surface area contributed by atoms with Crippen molar-refractivity contribution in [2.24, 2.45) is 5.92 Å². The number of nitrogens with two attached hydrogens (primary N) is 1. The van der Waals surface area contributed by atoms with E-state index in [0.29, 0.717) is 12.5 Å². The normalized spacial score (nSPS) is 15.6. The van der Waals surface area contributed by atoms with Crippen LogP contribution in [-0.2, 0) is 37.4 Å². The summed E-state index contributed by atoms with van der Waals surface area (Å²) in [6.45, 7) is 9.42. The second-order valence-corrected chi connectivity index (χ2v) is 6.79. The Morgan fingerprint density at radius 2 is 2.12 bits per heavy atom. The number of rotatable bonds is 6. The van der Waals surface area contributed by atoms with Crippen LogP contribution in [0.1, 0.15) is 48.5 Å². The Morgan fingerprint density at radius 1 is 1.48 bits per heavy atom. The van der Waals surface area contributed by atoms with Crippen LogP contribution in [0.5, 0.6) is 5.75 Å². The zero-order valence-electron chi connectivity index (χ0n) is 14.8. The van der Waals surface area contributed by atoms with Gasteiger partial charge in [-0.15, -0.1) is 5.56 Å². The van der Waals surface area contributed by atoms with Crippen LogP contribution in [-0.4, -0.2) is 42.2 Å². The van der Waals surface area contributed by atoms with Gasteiger partial charge in [-0.25, -0.2) is 4.79 Å². The molecule has 0 bridgehead atoms. The van der Waals surface area contributed by atoms with Gasteiger partial charge in [0.25, 0.3) is 0 Å². The monoisotopic (exact) mass is 442 g/mol. The van der Waals surface area contributed by atoms with Gasteiger partial charge in [-0.3, -0.25) is 0 Å². The number of likely N-dealkylation sites (tertiary alicyclic amines) is 1. The van der Waals surface area contributed by atoms with Crippen molar-refractivity contribution in [2.75, 3.05) is 32.0 Å². The standard InChI is InChI=1S/C18H26ClN2O3.Y/c1-3-4-7-21-8-5-13(6-9-21)11-24-18(23)14-10-15(19)16(20)12(2)17(14)22;/h10,13,22H,2-9,11,20H2,1H3;/q-1;. The second-order valence-electron chi connectivity index (χ2n) is 6.38. The Bertz CT molecular complexity index is 590. The molecule has 0 aliphatic carbocycles. The summed E-state index contributed by atoms with van der Waals surface area (Å²) in [5, 5.41) is 10.2. The van der Waals surface area contributed by atoms with Crippen LogP contribution >= 0.6 is 11.6 Å². The fourth-order valence-electron chi connectivity index (χ4n) is 2.89. The Kier molecular flexibility index (Phi) is 9.57. The summed E-state index contributed by atoms with van der Waals surface area (Å²) in [7, 11) is 0. The largest absolute Gasteiger partial charge is 0.564 e. The molecule has 1 saturated heterocycles. The minimum Gasteiger partial charge on any atom is -0.564 e. The zero-order chi connectivity index (χ0) is 17.7. The van der Waals surface area contributed by atoms with Gasteiger partial charge < -0.3 is 20.5 Å². The molecule has 2 rings (SSSR count). The fraction of sp³-hybridized carbons (Fsp3) is 0.556. The number of nitrogens with zero attached hydrogens (tertiary/aromatic N) is 1. The van der Waals surface area contributed by atoms with E-state index in [4.69, 9.17) is 22.1 Å². The predicted octanol–water partition coefficient (Wildman–Crippen LogP) is 3.48. The van der Waals surface area contributed by atoms with Crippen LogP contribution in [0.3, 0.4) is 0 Å². The molecule has 5 nitrogen and oxygen atoms in total. The average Bonchev–Trinajstić information content (AvgIpc) is 2.60. The predicted molar refractivity (Wildman–Crippen MR) is 96.3 cm³/mol. The van der Waals surface area contributed by atoms with Crippen molar-refractivity contribution in [1.82, 2.24) is 4.90 Å². The van der Waals surface area contributed by atoms with E-state index in [0.717, 1.165) is 32.5 Å². The Morgan fingerprint density at radius 3 is 2.72 bits per heavy atom. The van der Waals surface area contributed by atoms with Gasteiger partial charge in [0.05, 0.1) is 6.61 Å². The molecule has 25 heavy (non-hydrogen) atoms. The first-order valence-electron chi connectivity index (χ1n) is 8.46. The topological polar surface area (TPSA) is 75.8 Å². The molecule has 0 saturated carbocycles. The van der Waals surface area contributed by atoms with Crippen molar-refractivity contribution in [3.05, 3.63) is 29.1 Å². The minimum absolute atomic E-state index is 0. The molecule has 1 aromatic rings. The number of hydrogen-bond acceptors (Lipinski definition) is 5. The third-order valence-corrected chi connectivity index (χ3v) is 4.91. The zero-order valence-corrected chi connectivity index (χ0v) is 18.4. The molecular formula is C18H26ClN2O3Y-.